The highest BCUT2D eigenvalue weighted by Crippen LogP contribution is 2.25. The fourth-order valence-corrected chi connectivity index (χ4v) is 2.56. The Bertz CT molecular complexity index is 225. The Labute approximate surface area is 105 Å². The lowest BCUT2D eigenvalue weighted by Crippen LogP contribution is -2.47. The number of carbonyl (C=O) groups excluding carboxylic acids is 1. The first-order chi connectivity index (χ1) is 8.16. The molecule has 1 fully saturated rings. The van der Waals surface area contributed by atoms with E-state index in [1.165, 1.54) is 25.7 Å². The van der Waals surface area contributed by atoms with Gasteiger partial charge in [-0.25, -0.2) is 0 Å². The molecule has 1 N–H and O–H groups in total. The molecule has 0 heterocycles. The van der Waals surface area contributed by atoms with Crippen molar-refractivity contribution >= 4 is 5.91 Å². The van der Waals surface area contributed by atoms with E-state index in [2.05, 4.69) is 24.1 Å². The second kappa shape index (κ2) is 7.67. The highest BCUT2D eigenvalue weighted by molar-refractivity contribution is 5.78. The summed E-state index contributed by atoms with van der Waals surface area (Å²) < 4.78 is 4.94. The van der Waals surface area contributed by atoms with Gasteiger partial charge < -0.3 is 15.0 Å². The van der Waals surface area contributed by atoms with Crippen LogP contribution >= 0.6 is 0 Å². The Morgan fingerprint density at radius 1 is 1.41 bits per heavy atom. The minimum atomic E-state index is 0.225. The average molecular weight is 242 g/mol. The van der Waals surface area contributed by atoms with E-state index >= 15 is 0 Å². The van der Waals surface area contributed by atoms with Gasteiger partial charge in [0.05, 0.1) is 13.2 Å². The van der Waals surface area contributed by atoms with Crippen LogP contribution in [0.3, 0.4) is 0 Å². The Balaban J connectivity index is 2.38. The van der Waals surface area contributed by atoms with Gasteiger partial charge in [-0.05, 0) is 26.7 Å². The summed E-state index contributed by atoms with van der Waals surface area (Å²) in [4.78, 5) is 14.2. The molecule has 100 valence electrons. The van der Waals surface area contributed by atoms with E-state index in [0.29, 0.717) is 25.2 Å². The number of carbonyl (C=O) groups is 1. The van der Waals surface area contributed by atoms with E-state index in [-0.39, 0.29) is 5.91 Å². The SMILES string of the molecule is COCCNCC(=O)N(C(C)C)C1CCCC1. The summed E-state index contributed by atoms with van der Waals surface area (Å²) in [6, 6.07) is 0.765. The second-order valence-corrected chi connectivity index (χ2v) is 5.00. The van der Waals surface area contributed by atoms with Crippen LogP contribution in [0.4, 0.5) is 0 Å². The molecule has 0 aromatic heterocycles. The minimum Gasteiger partial charge on any atom is -0.383 e. The first kappa shape index (κ1) is 14.5. The predicted octanol–water partition coefficient (Wildman–Crippen LogP) is 1.40. The number of ether oxygens (including phenoxy) is 1. The second-order valence-electron chi connectivity index (χ2n) is 5.00. The number of methoxy groups -OCH3 is 1. The van der Waals surface area contributed by atoms with Crippen LogP contribution in [0, 0.1) is 0 Å². The summed E-state index contributed by atoms with van der Waals surface area (Å²) >= 11 is 0. The third kappa shape index (κ3) is 4.64. The molecule has 0 saturated heterocycles. The normalized spacial score (nSPS) is 16.7. The molecular weight excluding hydrogens is 216 g/mol. The van der Waals surface area contributed by atoms with Crippen LogP contribution in [0.2, 0.25) is 0 Å². The molecule has 1 aliphatic rings. The zero-order valence-electron chi connectivity index (χ0n) is 11.4. The number of hydrogen-bond donors (Lipinski definition) is 1. The first-order valence-electron chi connectivity index (χ1n) is 6.67. The Morgan fingerprint density at radius 2 is 2.06 bits per heavy atom. The maximum Gasteiger partial charge on any atom is 0.237 e. The number of nitrogens with one attached hydrogen (secondary N) is 1. The fraction of sp³-hybridized carbons (Fsp3) is 0.923. The van der Waals surface area contributed by atoms with Gasteiger partial charge in [0.25, 0.3) is 0 Å². The van der Waals surface area contributed by atoms with Gasteiger partial charge in [-0.3, -0.25) is 4.79 Å². The molecule has 0 aromatic carbocycles. The topological polar surface area (TPSA) is 41.6 Å². The van der Waals surface area contributed by atoms with Crippen molar-refractivity contribution in [1.29, 1.82) is 0 Å². The maximum absolute atomic E-state index is 12.2. The van der Waals surface area contributed by atoms with Gasteiger partial charge in [-0.15, -0.1) is 0 Å². The molecule has 0 radical (unpaired) electrons. The zero-order valence-corrected chi connectivity index (χ0v) is 11.4. The Morgan fingerprint density at radius 3 is 2.59 bits per heavy atom. The van der Waals surface area contributed by atoms with Crippen LogP contribution < -0.4 is 5.32 Å². The number of nitrogens with zero attached hydrogens (tertiary/aromatic N) is 1. The van der Waals surface area contributed by atoms with E-state index in [9.17, 15) is 4.79 Å². The van der Waals surface area contributed by atoms with Gasteiger partial charge in [-0.1, -0.05) is 12.8 Å². The summed E-state index contributed by atoms with van der Waals surface area (Å²) in [5.41, 5.74) is 0. The maximum atomic E-state index is 12.2. The monoisotopic (exact) mass is 242 g/mol. The molecule has 4 heteroatoms. The molecule has 4 nitrogen and oxygen atoms in total. The third-order valence-corrected chi connectivity index (χ3v) is 3.32. The number of rotatable bonds is 7. The molecule has 1 saturated carbocycles. The van der Waals surface area contributed by atoms with E-state index < -0.39 is 0 Å². The summed E-state index contributed by atoms with van der Waals surface area (Å²) in [7, 11) is 1.67. The molecule has 1 aliphatic carbocycles. The quantitative estimate of drug-likeness (QED) is 0.686. The summed E-state index contributed by atoms with van der Waals surface area (Å²) in [5.74, 6) is 0.225. The van der Waals surface area contributed by atoms with E-state index in [1.54, 1.807) is 7.11 Å². The molecule has 0 unspecified atom stereocenters. The predicted molar refractivity (Wildman–Crippen MR) is 69.0 cm³/mol. The number of amides is 1. The third-order valence-electron chi connectivity index (χ3n) is 3.32. The van der Waals surface area contributed by atoms with E-state index in [4.69, 9.17) is 4.74 Å². The smallest absolute Gasteiger partial charge is 0.237 e. The van der Waals surface area contributed by atoms with E-state index in [0.717, 1.165) is 6.54 Å². The highest BCUT2D eigenvalue weighted by Gasteiger charge is 2.27. The van der Waals surface area contributed by atoms with Crippen LogP contribution in [-0.2, 0) is 9.53 Å². The van der Waals surface area contributed by atoms with Gasteiger partial charge in [0, 0.05) is 25.7 Å². The van der Waals surface area contributed by atoms with Crippen molar-refractivity contribution in [3.05, 3.63) is 0 Å². The van der Waals surface area contributed by atoms with Crippen LogP contribution in [0.25, 0.3) is 0 Å². The van der Waals surface area contributed by atoms with Crippen molar-refractivity contribution in [2.75, 3.05) is 26.8 Å². The molecule has 17 heavy (non-hydrogen) atoms. The standard InChI is InChI=1S/C13H26N2O2/c1-11(2)15(12-6-4-5-7-12)13(16)10-14-8-9-17-3/h11-12,14H,4-10H2,1-3H3. The van der Waals surface area contributed by atoms with Crippen molar-refractivity contribution in [3.63, 3.8) is 0 Å². The molecule has 1 rings (SSSR count). The minimum absolute atomic E-state index is 0.225. The molecule has 0 aliphatic heterocycles. The lowest BCUT2D eigenvalue weighted by atomic mass is 10.1. The van der Waals surface area contributed by atoms with Gasteiger partial charge in [0.2, 0.25) is 5.91 Å². The zero-order chi connectivity index (χ0) is 12.7. The molecule has 0 spiro atoms. The lowest BCUT2D eigenvalue weighted by Gasteiger charge is -2.33. The fourth-order valence-electron chi connectivity index (χ4n) is 2.56. The molecule has 0 bridgehead atoms. The first-order valence-corrected chi connectivity index (χ1v) is 6.67. The molecule has 1 amide bonds. The van der Waals surface area contributed by atoms with Crippen LogP contribution in [0.1, 0.15) is 39.5 Å². The molecule has 0 atom stereocenters. The van der Waals surface area contributed by atoms with Crippen molar-refractivity contribution < 1.29 is 9.53 Å². The van der Waals surface area contributed by atoms with Gasteiger partial charge in [0.1, 0.15) is 0 Å². The number of hydrogen-bond acceptors (Lipinski definition) is 3. The lowest BCUT2D eigenvalue weighted by molar-refractivity contribution is -0.134. The largest absolute Gasteiger partial charge is 0.383 e. The van der Waals surface area contributed by atoms with Crippen molar-refractivity contribution in [2.24, 2.45) is 0 Å². The van der Waals surface area contributed by atoms with Crippen LogP contribution in [-0.4, -0.2) is 49.7 Å². The van der Waals surface area contributed by atoms with Crippen molar-refractivity contribution in [1.82, 2.24) is 10.2 Å². The van der Waals surface area contributed by atoms with Gasteiger partial charge in [-0.2, -0.15) is 0 Å². The van der Waals surface area contributed by atoms with Crippen LogP contribution in [0.15, 0.2) is 0 Å². The Kier molecular flexibility index (Phi) is 6.52. The average Bonchev–Trinajstić information content (AvgIpc) is 2.77. The van der Waals surface area contributed by atoms with Crippen molar-refractivity contribution in [2.45, 2.75) is 51.6 Å². The van der Waals surface area contributed by atoms with Gasteiger partial charge >= 0.3 is 0 Å². The van der Waals surface area contributed by atoms with E-state index in [1.807, 2.05) is 0 Å². The summed E-state index contributed by atoms with van der Waals surface area (Å²) in [5, 5.41) is 3.13. The molecule has 0 aromatic rings. The van der Waals surface area contributed by atoms with Crippen LogP contribution in [0.5, 0.6) is 0 Å². The highest BCUT2D eigenvalue weighted by atomic mass is 16.5. The summed E-state index contributed by atoms with van der Waals surface area (Å²) in [6.45, 7) is 6.02. The summed E-state index contributed by atoms with van der Waals surface area (Å²) in [6.07, 6.45) is 4.86. The van der Waals surface area contributed by atoms with Gasteiger partial charge in [0.15, 0.2) is 0 Å². The molecular formula is C13H26N2O2. The Hall–Kier alpha value is -0.610. The van der Waals surface area contributed by atoms with Crippen molar-refractivity contribution in [3.8, 4) is 0 Å².